The van der Waals surface area contributed by atoms with Crippen molar-refractivity contribution in [3.05, 3.63) is 29.8 Å². The Balaban J connectivity index is 1.68. The first-order valence-corrected chi connectivity index (χ1v) is 8.84. The number of benzene rings is 1. The van der Waals surface area contributed by atoms with Gasteiger partial charge in [-0.1, -0.05) is 26.0 Å². The maximum atomic E-state index is 11.6. The van der Waals surface area contributed by atoms with Gasteiger partial charge in [-0.3, -0.25) is 4.79 Å². The molecule has 0 unspecified atom stereocenters. The number of hydrogen-bond donors (Lipinski definition) is 2. The van der Waals surface area contributed by atoms with Crippen LogP contribution in [0.15, 0.2) is 29.2 Å². The Morgan fingerprint density at radius 3 is 2.90 bits per heavy atom. The largest absolute Gasteiger partial charge is 0.353 e. The van der Waals surface area contributed by atoms with Crippen LogP contribution in [0.25, 0.3) is 0 Å². The third-order valence-electron chi connectivity index (χ3n) is 3.32. The Morgan fingerprint density at radius 1 is 1.38 bits per heavy atom. The SMILES string of the molecule is CC(C)CNCc1cccc(SCCC(=O)NC2CC2)c1. The fourth-order valence-corrected chi connectivity index (χ4v) is 2.97. The average Bonchev–Trinajstić information content (AvgIpc) is 3.23. The Bertz CT molecular complexity index is 458. The highest BCUT2D eigenvalue weighted by molar-refractivity contribution is 7.99. The summed E-state index contributed by atoms with van der Waals surface area (Å²) in [5.41, 5.74) is 1.31. The zero-order chi connectivity index (χ0) is 15.1. The van der Waals surface area contributed by atoms with Crippen LogP contribution in [0, 0.1) is 5.92 Å². The van der Waals surface area contributed by atoms with Crippen LogP contribution in [0.2, 0.25) is 0 Å². The number of carbonyl (C=O) groups is 1. The molecule has 1 amide bonds. The summed E-state index contributed by atoms with van der Waals surface area (Å²) in [6.07, 6.45) is 2.92. The van der Waals surface area contributed by atoms with Gasteiger partial charge in [0.25, 0.3) is 0 Å². The second-order valence-corrected chi connectivity index (χ2v) is 7.28. The van der Waals surface area contributed by atoms with Crippen LogP contribution in [0.3, 0.4) is 0 Å². The van der Waals surface area contributed by atoms with E-state index in [0.717, 1.165) is 31.7 Å². The van der Waals surface area contributed by atoms with E-state index in [0.29, 0.717) is 18.4 Å². The first kappa shape index (κ1) is 16.4. The lowest BCUT2D eigenvalue weighted by Gasteiger charge is -2.09. The van der Waals surface area contributed by atoms with E-state index in [2.05, 4.69) is 48.7 Å². The minimum atomic E-state index is 0.194. The highest BCUT2D eigenvalue weighted by Crippen LogP contribution is 2.21. The molecule has 0 radical (unpaired) electrons. The zero-order valence-electron chi connectivity index (χ0n) is 13.0. The van der Waals surface area contributed by atoms with Gasteiger partial charge in [0.15, 0.2) is 0 Å². The molecule has 1 aromatic rings. The normalized spacial score (nSPS) is 14.4. The predicted octanol–water partition coefficient (Wildman–Crippen LogP) is 3.19. The van der Waals surface area contributed by atoms with Crippen molar-refractivity contribution >= 4 is 17.7 Å². The quantitative estimate of drug-likeness (QED) is 0.688. The van der Waals surface area contributed by atoms with Crippen molar-refractivity contribution < 1.29 is 4.79 Å². The fraction of sp³-hybridized carbons (Fsp3) is 0.588. The highest BCUT2D eigenvalue weighted by Gasteiger charge is 2.22. The molecule has 0 bridgehead atoms. The number of carbonyl (C=O) groups excluding carboxylic acids is 1. The van der Waals surface area contributed by atoms with Gasteiger partial charge in [-0.05, 0) is 43.0 Å². The van der Waals surface area contributed by atoms with E-state index in [1.807, 2.05) is 0 Å². The maximum absolute atomic E-state index is 11.6. The Kier molecular flexibility index (Phi) is 6.58. The van der Waals surface area contributed by atoms with Gasteiger partial charge >= 0.3 is 0 Å². The van der Waals surface area contributed by atoms with Crippen molar-refractivity contribution in [3.8, 4) is 0 Å². The minimum Gasteiger partial charge on any atom is -0.353 e. The average molecular weight is 306 g/mol. The molecular formula is C17H26N2OS. The third-order valence-corrected chi connectivity index (χ3v) is 4.32. The molecule has 0 atom stereocenters. The van der Waals surface area contributed by atoms with E-state index in [9.17, 15) is 4.79 Å². The Morgan fingerprint density at radius 2 is 2.19 bits per heavy atom. The molecule has 0 heterocycles. The maximum Gasteiger partial charge on any atom is 0.221 e. The molecule has 0 aromatic heterocycles. The summed E-state index contributed by atoms with van der Waals surface area (Å²) in [5, 5.41) is 6.49. The monoisotopic (exact) mass is 306 g/mol. The smallest absolute Gasteiger partial charge is 0.221 e. The van der Waals surface area contributed by atoms with E-state index in [1.165, 1.54) is 10.5 Å². The number of amides is 1. The number of rotatable bonds is 9. The summed E-state index contributed by atoms with van der Waals surface area (Å²) in [6.45, 7) is 6.38. The van der Waals surface area contributed by atoms with Crippen LogP contribution >= 0.6 is 11.8 Å². The van der Waals surface area contributed by atoms with Crippen molar-refractivity contribution in [1.82, 2.24) is 10.6 Å². The number of nitrogens with one attached hydrogen (secondary N) is 2. The molecule has 2 rings (SSSR count). The second-order valence-electron chi connectivity index (χ2n) is 6.11. The molecule has 0 saturated heterocycles. The molecule has 4 heteroatoms. The minimum absolute atomic E-state index is 0.194. The van der Waals surface area contributed by atoms with E-state index in [4.69, 9.17) is 0 Å². The van der Waals surface area contributed by atoms with Gasteiger partial charge in [0.2, 0.25) is 5.91 Å². The van der Waals surface area contributed by atoms with E-state index >= 15 is 0 Å². The lowest BCUT2D eigenvalue weighted by atomic mass is 10.2. The van der Waals surface area contributed by atoms with E-state index in [1.54, 1.807) is 11.8 Å². The van der Waals surface area contributed by atoms with Crippen molar-refractivity contribution in [1.29, 1.82) is 0 Å². The molecule has 3 nitrogen and oxygen atoms in total. The van der Waals surface area contributed by atoms with Gasteiger partial charge in [0, 0.05) is 29.7 Å². The molecule has 1 saturated carbocycles. The zero-order valence-corrected chi connectivity index (χ0v) is 13.8. The van der Waals surface area contributed by atoms with Crippen molar-refractivity contribution in [3.63, 3.8) is 0 Å². The molecule has 1 fully saturated rings. The molecule has 21 heavy (non-hydrogen) atoms. The summed E-state index contributed by atoms with van der Waals surface area (Å²) in [4.78, 5) is 12.9. The molecule has 2 N–H and O–H groups in total. The van der Waals surface area contributed by atoms with Gasteiger partial charge in [0.05, 0.1) is 0 Å². The Labute approximate surface area is 132 Å². The summed E-state index contributed by atoms with van der Waals surface area (Å²) < 4.78 is 0. The van der Waals surface area contributed by atoms with E-state index in [-0.39, 0.29) is 5.91 Å². The molecule has 116 valence electrons. The van der Waals surface area contributed by atoms with Crippen molar-refractivity contribution in [2.45, 2.75) is 50.6 Å². The van der Waals surface area contributed by atoms with Gasteiger partial charge in [-0.25, -0.2) is 0 Å². The molecule has 0 aliphatic heterocycles. The summed E-state index contributed by atoms with van der Waals surface area (Å²) in [5.74, 6) is 1.72. The number of hydrogen-bond acceptors (Lipinski definition) is 3. The molecule has 1 aliphatic rings. The van der Waals surface area contributed by atoms with Crippen molar-refractivity contribution in [2.24, 2.45) is 5.92 Å². The van der Waals surface area contributed by atoms with E-state index < -0.39 is 0 Å². The molecular weight excluding hydrogens is 280 g/mol. The lowest BCUT2D eigenvalue weighted by molar-refractivity contribution is -0.120. The van der Waals surface area contributed by atoms with Crippen LogP contribution in [0.1, 0.15) is 38.7 Å². The first-order chi connectivity index (χ1) is 10.1. The van der Waals surface area contributed by atoms with Crippen LogP contribution in [0.4, 0.5) is 0 Å². The Hall–Kier alpha value is -1.00. The summed E-state index contributed by atoms with van der Waals surface area (Å²) in [7, 11) is 0. The highest BCUT2D eigenvalue weighted by atomic mass is 32.2. The van der Waals surface area contributed by atoms with Gasteiger partial charge in [-0.2, -0.15) is 0 Å². The standard InChI is InChI=1S/C17H26N2OS/c1-13(2)11-18-12-14-4-3-5-16(10-14)21-9-8-17(20)19-15-6-7-15/h3-5,10,13,15,18H,6-9,11-12H2,1-2H3,(H,19,20). The van der Waals surface area contributed by atoms with Gasteiger partial charge in [-0.15, -0.1) is 11.8 Å². The van der Waals surface area contributed by atoms with Crippen LogP contribution in [-0.2, 0) is 11.3 Å². The van der Waals surface area contributed by atoms with Gasteiger partial charge < -0.3 is 10.6 Å². The summed E-state index contributed by atoms with van der Waals surface area (Å²) in [6, 6.07) is 9.06. The van der Waals surface area contributed by atoms with Crippen LogP contribution in [0.5, 0.6) is 0 Å². The third kappa shape index (κ3) is 7.00. The van der Waals surface area contributed by atoms with Crippen LogP contribution < -0.4 is 10.6 Å². The topological polar surface area (TPSA) is 41.1 Å². The summed E-state index contributed by atoms with van der Waals surface area (Å²) >= 11 is 1.76. The lowest BCUT2D eigenvalue weighted by Crippen LogP contribution is -2.25. The van der Waals surface area contributed by atoms with Gasteiger partial charge in [0.1, 0.15) is 0 Å². The predicted molar refractivity (Wildman–Crippen MR) is 89.5 cm³/mol. The molecule has 0 spiro atoms. The second kappa shape index (κ2) is 8.44. The first-order valence-electron chi connectivity index (χ1n) is 7.85. The fourth-order valence-electron chi connectivity index (χ4n) is 2.04. The van der Waals surface area contributed by atoms with Crippen LogP contribution in [-0.4, -0.2) is 24.2 Å². The molecule has 1 aliphatic carbocycles. The van der Waals surface area contributed by atoms with Crippen molar-refractivity contribution in [2.75, 3.05) is 12.3 Å². The number of thioether (sulfide) groups is 1. The molecule has 1 aromatic carbocycles.